The number of H-pyrrole nitrogens is 1. The van der Waals surface area contributed by atoms with Crippen LogP contribution in [-0.2, 0) is 26.1 Å². The van der Waals surface area contributed by atoms with Gasteiger partial charge in [-0.2, -0.15) is 5.26 Å². The van der Waals surface area contributed by atoms with Gasteiger partial charge in [-0.05, 0) is 74.2 Å². The lowest BCUT2D eigenvalue weighted by Gasteiger charge is -2.13. The monoisotopic (exact) mass is 926 g/mol. The molecule has 10 rings (SSSR count). The number of nitrogens with zero attached hydrogens (tertiary/aromatic N) is 9. The number of pyridine rings is 3. The number of aromatic nitrogens is 9. The molecule has 0 unspecified atom stereocenters. The van der Waals surface area contributed by atoms with Crippen LogP contribution in [0.15, 0.2) is 78.9 Å². The summed E-state index contributed by atoms with van der Waals surface area (Å²) in [5.41, 5.74) is 8.95. The van der Waals surface area contributed by atoms with E-state index in [0.717, 1.165) is 27.1 Å². The van der Waals surface area contributed by atoms with Crippen LogP contribution in [0.1, 0.15) is 45.5 Å². The van der Waals surface area contributed by atoms with Gasteiger partial charge in [-0.15, -0.1) is 11.3 Å². The molecule has 0 saturated carbocycles. The maximum absolute atomic E-state index is 14.4. The number of benzene rings is 2. The van der Waals surface area contributed by atoms with Crippen LogP contribution in [0.25, 0.3) is 66.1 Å². The second-order valence-corrected chi connectivity index (χ2v) is 17.2. The van der Waals surface area contributed by atoms with E-state index in [4.69, 9.17) is 51.7 Å². The highest BCUT2D eigenvalue weighted by Crippen LogP contribution is 2.42. The molecule has 10 aromatic rings. The van der Waals surface area contributed by atoms with E-state index in [1.54, 1.807) is 63.8 Å². The number of aryl methyl sites for hydroxylation is 4. The van der Waals surface area contributed by atoms with Crippen molar-refractivity contribution in [1.82, 2.24) is 44.0 Å². The van der Waals surface area contributed by atoms with Crippen molar-refractivity contribution >= 4 is 78.4 Å². The first-order chi connectivity index (χ1) is 31.5. The minimum absolute atomic E-state index is 0.134. The van der Waals surface area contributed by atoms with E-state index in [-0.39, 0.29) is 42.6 Å². The number of hydrogen-bond donors (Lipinski definition) is 1. The van der Waals surface area contributed by atoms with Crippen LogP contribution in [0, 0.1) is 32.1 Å². The standard InChI is InChI=1S/C46H36Cl2N10O6S/c1-22-40(23(2)63-54-22)29-13-33-28(16-37(29)61-4)43-36(19-51-33)56(11-6-10-49)46(60)58(43)20-25-9-12-65-39(25)17-34-41(24(3)64-55-34)30-14-32-27(15-38(30)62-5)42-35(18-50-32)53-45(59)57(42)21-26-7-8-31(47)44(48)52-26/h7-9,12-16,18-19H,6,11,17,20-21H2,1-5H3,(H,53,59). The molecule has 0 saturated heterocycles. The number of rotatable bonds is 12. The van der Waals surface area contributed by atoms with Crippen molar-refractivity contribution in [3.63, 3.8) is 0 Å². The molecule has 8 aromatic heterocycles. The summed E-state index contributed by atoms with van der Waals surface area (Å²) in [7, 11) is 3.18. The first-order valence-electron chi connectivity index (χ1n) is 20.3. The molecule has 0 atom stereocenters. The number of fused-ring (bicyclic) bond motifs is 6. The van der Waals surface area contributed by atoms with E-state index < -0.39 is 0 Å². The summed E-state index contributed by atoms with van der Waals surface area (Å²) in [6, 6.07) is 15.1. The Hall–Kier alpha value is -7.26. The van der Waals surface area contributed by atoms with Crippen molar-refractivity contribution in [1.29, 1.82) is 5.26 Å². The minimum Gasteiger partial charge on any atom is -0.496 e. The third kappa shape index (κ3) is 7.01. The molecule has 0 aliphatic heterocycles. The lowest BCUT2D eigenvalue weighted by molar-refractivity contribution is 0.392. The van der Waals surface area contributed by atoms with Gasteiger partial charge in [0.15, 0.2) is 0 Å². The highest BCUT2D eigenvalue weighted by Gasteiger charge is 2.26. The normalized spacial score (nSPS) is 11.7. The molecule has 8 heterocycles. The molecule has 19 heteroatoms. The predicted molar refractivity (Wildman–Crippen MR) is 247 cm³/mol. The molecule has 0 fully saturated rings. The summed E-state index contributed by atoms with van der Waals surface area (Å²) in [5.74, 6) is 2.31. The van der Waals surface area contributed by atoms with Gasteiger partial charge in [-0.1, -0.05) is 33.5 Å². The third-order valence-corrected chi connectivity index (χ3v) is 13.4. The Balaban J connectivity index is 1.05. The molecule has 0 radical (unpaired) electrons. The fourth-order valence-electron chi connectivity index (χ4n) is 8.74. The van der Waals surface area contributed by atoms with Gasteiger partial charge in [-0.3, -0.25) is 23.7 Å². The van der Waals surface area contributed by atoms with Crippen LogP contribution in [0.3, 0.4) is 0 Å². The Morgan fingerprint density at radius 2 is 1.52 bits per heavy atom. The van der Waals surface area contributed by atoms with E-state index in [0.29, 0.717) is 101 Å². The Kier molecular flexibility index (Phi) is 10.5. The summed E-state index contributed by atoms with van der Waals surface area (Å²) >= 11 is 13.9. The van der Waals surface area contributed by atoms with Crippen LogP contribution < -0.4 is 20.9 Å². The predicted octanol–water partition coefficient (Wildman–Crippen LogP) is 9.16. The molecule has 65 heavy (non-hydrogen) atoms. The SMILES string of the molecule is COc1cc2c(cc1-c1c(C)noc1C)ncc1c2n(Cc2ccsc2Cc2noc(C)c2-c2cc3ncc4[nH]c(=O)n(Cc5ccc(Cl)c(Cl)n5)c4c3cc2OC)c(=O)n1CCC#N. The van der Waals surface area contributed by atoms with Crippen molar-refractivity contribution in [3.8, 4) is 39.8 Å². The number of nitriles is 1. The van der Waals surface area contributed by atoms with Crippen molar-refractivity contribution in [2.75, 3.05) is 14.2 Å². The Morgan fingerprint density at radius 3 is 2.22 bits per heavy atom. The van der Waals surface area contributed by atoms with Crippen LogP contribution in [0.4, 0.5) is 0 Å². The quantitative estimate of drug-likeness (QED) is 0.114. The molecule has 0 amide bonds. The summed E-state index contributed by atoms with van der Waals surface area (Å²) in [6.45, 7) is 6.12. The summed E-state index contributed by atoms with van der Waals surface area (Å²) in [6.07, 6.45) is 3.83. The highest BCUT2D eigenvalue weighted by atomic mass is 35.5. The average Bonchev–Trinajstić information content (AvgIpc) is 4.11. The average molecular weight is 928 g/mol. The Bertz CT molecular complexity index is 3700. The summed E-state index contributed by atoms with van der Waals surface area (Å²) < 4.78 is 28.2. The molecule has 0 bridgehead atoms. The summed E-state index contributed by atoms with van der Waals surface area (Å²) in [4.78, 5) is 45.5. The molecular weight excluding hydrogens is 892 g/mol. The number of halogens is 2. The number of imidazole rings is 2. The van der Waals surface area contributed by atoms with E-state index in [2.05, 4.69) is 26.4 Å². The second kappa shape index (κ2) is 16.4. The maximum atomic E-state index is 14.4. The van der Waals surface area contributed by atoms with Gasteiger partial charge >= 0.3 is 11.4 Å². The second-order valence-electron chi connectivity index (χ2n) is 15.5. The van der Waals surface area contributed by atoms with Crippen molar-refractivity contribution in [2.45, 2.75) is 53.2 Å². The van der Waals surface area contributed by atoms with Gasteiger partial charge in [0.25, 0.3) is 0 Å². The Morgan fingerprint density at radius 1 is 0.831 bits per heavy atom. The number of thiophene rings is 1. The molecule has 1 N–H and O–H groups in total. The lowest BCUT2D eigenvalue weighted by atomic mass is 9.98. The van der Waals surface area contributed by atoms with Gasteiger partial charge in [-0.25, -0.2) is 14.6 Å². The fourth-order valence-corrected chi connectivity index (χ4v) is 9.91. The smallest absolute Gasteiger partial charge is 0.329 e. The van der Waals surface area contributed by atoms with Crippen LogP contribution in [0.2, 0.25) is 10.2 Å². The molecule has 0 spiro atoms. The van der Waals surface area contributed by atoms with E-state index >= 15 is 0 Å². The van der Waals surface area contributed by atoms with Crippen molar-refractivity contribution in [3.05, 3.63) is 130 Å². The zero-order valence-corrected chi connectivity index (χ0v) is 37.8. The molecule has 0 aliphatic rings. The molecule has 2 aromatic carbocycles. The minimum atomic E-state index is -0.338. The van der Waals surface area contributed by atoms with Crippen LogP contribution in [-0.4, -0.2) is 58.2 Å². The van der Waals surface area contributed by atoms with E-state index in [9.17, 15) is 14.9 Å². The zero-order valence-electron chi connectivity index (χ0n) is 35.4. The van der Waals surface area contributed by atoms with E-state index in [1.807, 2.05) is 56.5 Å². The largest absolute Gasteiger partial charge is 0.496 e. The van der Waals surface area contributed by atoms with Gasteiger partial charge in [0, 0.05) is 39.7 Å². The van der Waals surface area contributed by atoms with Crippen molar-refractivity contribution < 1.29 is 18.5 Å². The Labute approximate surface area is 382 Å². The zero-order chi connectivity index (χ0) is 45.3. The first-order valence-corrected chi connectivity index (χ1v) is 21.9. The number of methoxy groups -OCH3 is 2. The number of aromatic amines is 1. The van der Waals surface area contributed by atoms with Gasteiger partial charge in [0.2, 0.25) is 0 Å². The van der Waals surface area contributed by atoms with Crippen molar-refractivity contribution in [2.24, 2.45) is 0 Å². The molecule has 0 aliphatic carbocycles. The fraction of sp³-hybridized carbons (Fsp3) is 0.217. The third-order valence-electron chi connectivity index (χ3n) is 11.7. The van der Waals surface area contributed by atoms with E-state index in [1.165, 1.54) is 0 Å². The molecule has 16 nitrogen and oxygen atoms in total. The topological polar surface area (TPSA) is 198 Å². The van der Waals surface area contributed by atoms with Crippen LogP contribution in [0.5, 0.6) is 11.5 Å². The van der Waals surface area contributed by atoms with Crippen LogP contribution >= 0.6 is 34.5 Å². The lowest BCUT2D eigenvalue weighted by Crippen LogP contribution is -2.25. The first kappa shape index (κ1) is 41.7. The number of nitrogens with one attached hydrogen (secondary N) is 1. The molecular formula is C46H36Cl2N10O6S. The molecule has 326 valence electrons. The highest BCUT2D eigenvalue weighted by molar-refractivity contribution is 7.10. The van der Waals surface area contributed by atoms with Gasteiger partial charge in [0.1, 0.15) is 28.2 Å². The summed E-state index contributed by atoms with van der Waals surface area (Å²) in [5, 5.41) is 22.1. The van der Waals surface area contributed by atoms with Gasteiger partial charge in [0.05, 0.1) is 119 Å². The number of hydrogen-bond acceptors (Lipinski definition) is 13. The maximum Gasteiger partial charge on any atom is 0.329 e. The van der Waals surface area contributed by atoms with Gasteiger partial charge < -0.3 is 23.5 Å². The number of ether oxygens (including phenoxy) is 2.